The first-order valence-corrected chi connectivity index (χ1v) is 8.81. The SMILES string of the molecule is CCOP(=O)(OCC)OC1=CN(CO)C[C@H]2CCC[C@]12O. The highest BCUT2D eigenvalue weighted by Crippen LogP contribution is 2.56. The van der Waals surface area contributed by atoms with Gasteiger partial charge in [-0.05, 0) is 33.1 Å². The van der Waals surface area contributed by atoms with E-state index in [9.17, 15) is 14.8 Å². The molecule has 122 valence electrons. The first kappa shape index (κ1) is 16.8. The van der Waals surface area contributed by atoms with Crippen LogP contribution >= 0.6 is 7.82 Å². The number of nitrogens with zero attached hydrogens (tertiary/aromatic N) is 1. The number of hydrogen-bond acceptors (Lipinski definition) is 7. The average Bonchev–Trinajstić information content (AvgIpc) is 2.81. The zero-order chi connectivity index (χ0) is 15.5. The van der Waals surface area contributed by atoms with Crippen molar-refractivity contribution in [1.82, 2.24) is 4.90 Å². The van der Waals surface area contributed by atoms with Crippen LogP contribution in [0.5, 0.6) is 0 Å². The molecule has 1 saturated carbocycles. The lowest BCUT2D eigenvalue weighted by atomic mass is 9.86. The summed E-state index contributed by atoms with van der Waals surface area (Å²) in [5, 5.41) is 20.2. The highest BCUT2D eigenvalue weighted by Gasteiger charge is 2.50. The third-order valence-corrected chi connectivity index (χ3v) is 5.50. The van der Waals surface area contributed by atoms with Gasteiger partial charge in [-0.15, -0.1) is 0 Å². The van der Waals surface area contributed by atoms with Crippen LogP contribution in [0.3, 0.4) is 0 Å². The molecule has 0 radical (unpaired) electrons. The van der Waals surface area contributed by atoms with Gasteiger partial charge in [0.05, 0.1) is 13.2 Å². The summed E-state index contributed by atoms with van der Waals surface area (Å²) >= 11 is 0. The lowest BCUT2D eigenvalue weighted by molar-refractivity contribution is -0.0361. The standard InChI is InChI=1S/C13H24NO6P/c1-3-18-21(17,19-4-2)20-12-9-14(10-15)8-11-6-5-7-13(11,12)16/h9,11,15-16H,3-8,10H2,1-2H3/t11-,13-/m1/s1. The zero-order valence-corrected chi connectivity index (χ0v) is 13.4. The molecule has 0 spiro atoms. The van der Waals surface area contributed by atoms with Crippen LogP contribution in [-0.4, -0.2) is 47.2 Å². The fraction of sp³-hybridized carbons (Fsp3) is 0.846. The van der Waals surface area contributed by atoms with Crippen LogP contribution in [0.15, 0.2) is 12.0 Å². The highest BCUT2D eigenvalue weighted by molar-refractivity contribution is 7.48. The molecule has 0 aromatic rings. The van der Waals surface area contributed by atoms with Crippen LogP contribution in [0.1, 0.15) is 33.1 Å². The molecule has 1 fully saturated rings. The maximum absolute atomic E-state index is 12.5. The Morgan fingerprint density at radius 3 is 2.67 bits per heavy atom. The van der Waals surface area contributed by atoms with E-state index in [0.29, 0.717) is 13.0 Å². The Morgan fingerprint density at radius 1 is 1.43 bits per heavy atom. The molecule has 1 heterocycles. The number of rotatable bonds is 7. The summed E-state index contributed by atoms with van der Waals surface area (Å²) in [5.41, 5.74) is -1.16. The maximum Gasteiger partial charge on any atom is 0.529 e. The fourth-order valence-electron chi connectivity index (χ4n) is 2.97. The summed E-state index contributed by atoms with van der Waals surface area (Å²) in [7, 11) is -3.75. The van der Waals surface area contributed by atoms with E-state index in [1.807, 2.05) is 0 Å². The second kappa shape index (κ2) is 6.67. The normalized spacial score (nSPS) is 29.2. The predicted octanol–water partition coefficient (Wildman–Crippen LogP) is 1.82. The molecule has 2 aliphatic rings. The quantitative estimate of drug-likeness (QED) is 0.691. The lowest BCUT2D eigenvalue weighted by Crippen LogP contribution is -2.46. The van der Waals surface area contributed by atoms with Gasteiger partial charge in [-0.1, -0.05) is 0 Å². The van der Waals surface area contributed by atoms with Crippen molar-refractivity contribution < 1.29 is 28.3 Å². The summed E-state index contributed by atoms with van der Waals surface area (Å²) in [4.78, 5) is 1.63. The fourth-order valence-corrected chi connectivity index (χ4v) is 4.23. The van der Waals surface area contributed by atoms with E-state index in [0.717, 1.165) is 12.8 Å². The Bertz CT molecular complexity index is 432. The summed E-state index contributed by atoms with van der Waals surface area (Å²) in [5.74, 6) is 0.108. The molecule has 2 rings (SSSR count). The molecular formula is C13H24NO6P. The minimum absolute atomic E-state index is 0.0543. The number of aliphatic hydroxyl groups is 2. The van der Waals surface area contributed by atoms with Gasteiger partial charge in [0.2, 0.25) is 0 Å². The molecule has 1 aliphatic carbocycles. The molecule has 0 saturated heterocycles. The molecule has 1 aliphatic heterocycles. The number of aliphatic hydroxyl groups excluding tert-OH is 1. The molecule has 0 bridgehead atoms. The molecule has 0 unspecified atom stereocenters. The van der Waals surface area contributed by atoms with Crippen LogP contribution in [0, 0.1) is 5.92 Å². The number of hydrogen-bond donors (Lipinski definition) is 2. The average molecular weight is 321 g/mol. The van der Waals surface area contributed by atoms with Crippen molar-refractivity contribution in [2.45, 2.75) is 38.7 Å². The van der Waals surface area contributed by atoms with Gasteiger partial charge in [0.25, 0.3) is 0 Å². The Kier molecular flexibility index (Phi) is 5.33. The molecular weight excluding hydrogens is 297 g/mol. The van der Waals surface area contributed by atoms with Crippen LogP contribution in [0.2, 0.25) is 0 Å². The van der Waals surface area contributed by atoms with Crippen molar-refractivity contribution in [3.8, 4) is 0 Å². The van der Waals surface area contributed by atoms with E-state index in [1.165, 1.54) is 6.20 Å². The predicted molar refractivity (Wildman–Crippen MR) is 76.1 cm³/mol. The second-order valence-corrected chi connectivity index (χ2v) is 6.89. The van der Waals surface area contributed by atoms with Gasteiger partial charge in [0.15, 0.2) is 5.76 Å². The molecule has 0 aromatic carbocycles. The molecule has 8 heteroatoms. The first-order chi connectivity index (χ1) is 9.97. The summed E-state index contributed by atoms with van der Waals surface area (Å²) < 4.78 is 28.2. The van der Waals surface area contributed by atoms with E-state index in [-0.39, 0.29) is 31.6 Å². The van der Waals surface area contributed by atoms with Crippen molar-refractivity contribution in [1.29, 1.82) is 0 Å². The maximum atomic E-state index is 12.5. The minimum atomic E-state index is -3.75. The number of fused-ring (bicyclic) bond motifs is 1. The Morgan fingerprint density at radius 2 is 2.10 bits per heavy atom. The van der Waals surface area contributed by atoms with E-state index < -0.39 is 13.4 Å². The number of phosphoric acid groups is 1. The van der Waals surface area contributed by atoms with Crippen LogP contribution < -0.4 is 0 Å². The monoisotopic (exact) mass is 321 g/mol. The van der Waals surface area contributed by atoms with Gasteiger partial charge in [0.1, 0.15) is 12.3 Å². The summed E-state index contributed by atoms with van der Waals surface area (Å²) in [6.07, 6.45) is 3.74. The van der Waals surface area contributed by atoms with Gasteiger partial charge in [-0.25, -0.2) is 4.57 Å². The van der Waals surface area contributed by atoms with Crippen LogP contribution in [0.25, 0.3) is 0 Å². The third-order valence-electron chi connectivity index (χ3n) is 3.93. The van der Waals surface area contributed by atoms with Crippen molar-refractivity contribution in [2.24, 2.45) is 5.92 Å². The third kappa shape index (κ3) is 3.43. The van der Waals surface area contributed by atoms with Crippen molar-refractivity contribution in [3.05, 3.63) is 12.0 Å². The topological polar surface area (TPSA) is 88.5 Å². The van der Waals surface area contributed by atoms with Gasteiger partial charge >= 0.3 is 7.82 Å². The van der Waals surface area contributed by atoms with E-state index in [1.54, 1.807) is 18.7 Å². The summed E-state index contributed by atoms with van der Waals surface area (Å²) in [6, 6.07) is 0. The summed E-state index contributed by atoms with van der Waals surface area (Å²) in [6.45, 7) is 4.10. The smallest absolute Gasteiger partial charge is 0.404 e. The van der Waals surface area contributed by atoms with Gasteiger partial charge in [0, 0.05) is 18.7 Å². The highest BCUT2D eigenvalue weighted by atomic mass is 31.2. The number of phosphoric ester groups is 1. The van der Waals surface area contributed by atoms with Crippen LogP contribution in [0.4, 0.5) is 0 Å². The zero-order valence-electron chi connectivity index (χ0n) is 12.5. The van der Waals surface area contributed by atoms with Gasteiger partial charge in [-0.3, -0.25) is 9.05 Å². The Labute approximate surface area is 125 Å². The molecule has 21 heavy (non-hydrogen) atoms. The van der Waals surface area contributed by atoms with Gasteiger partial charge in [-0.2, -0.15) is 0 Å². The van der Waals surface area contributed by atoms with Crippen molar-refractivity contribution in [2.75, 3.05) is 26.5 Å². The molecule has 7 nitrogen and oxygen atoms in total. The Hall–Kier alpha value is -0.590. The van der Waals surface area contributed by atoms with E-state index in [4.69, 9.17) is 13.6 Å². The molecule has 2 N–H and O–H groups in total. The van der Waals surface area contributed by atoms with Crippen molar-refractivity contribution >= 4 is 7.82 Å². The van der Waals surface area contributed by atoms with Gasteiger partial charge < -0.3 is 19.6 Å². The second-order valence-electron chi connectivity index (χ2n) is 5.29. The molecule has 0 amide bonds. The van der Waals surface area contributed by atoms with Crippen LogP contribution in [-0.2, 0) is 18.1 Å². The molecule has 0 aromatic heterocycles. The molecule has 2 atom stereocenters. The lowest BCUT2D eigenvalue weighted by Gasteiger charge is -2.40. The largest absolute Gasteiger partial charge is 0.529 e. The van der Waals surface area contributed by atoms with E-state index in [2.05, 4.69) is 0 Å². The minimum Gasteiger partial charge on any atom is -0.404 e. The van der Waals surface area contributed by atoms with E-state index >= 15 is 0 Å². The first-order valence-electron chi connectivity index (χ1n) is 7.35. The Balaban J connectivity index is 2.25. The van der Waals surface area contributed by atoms with Crippen molar-refractivity contribution in [3.63, 3.8) is 0 Å².